The van der Waals surface area contributed by atoms with Gasteiger partial charge in [-0.2, -0.15) is 0 Å². The second-order valence-electron chi connectivity index (χ2n) is 8.91. The standard InChI is InChI=1S/C24H28N4O3/c1-24(2,25)18-6-3-15(4-7-18)12-26-13-16-5-8-19-17(11-16)14-28(23(19)31)20-9-10-21(29)27-22(20)30/h3-8,11,20,26H,9-10,12-14,25H2,1-2H3,(H,27,29,30). The normalized spacial score (nSPS) is 18.9. The Morgan fingerprint density at radius 1 is 1.06 bits per heavy atom. The molecule has 0 radical (unpaired) electrons. The third-order valence-electron chi connectivity index (χ3n) is 5.94. The number of fused-ring (bicyclic) bond motifs is 1. The molecule has 2 aromatic rings. The van der Waals surface area contributed by atoms with Crippen LogP contribution in [0.3, 0.4) is 0 Å². The monoisotopic (exact) mass is 420 g/mol. The first-order chi connectivity index (χ1) is 14.7. The van der Waals surface area contributed by atoms with Gasteiger partial charge in [-0.1, -0.05) is 36.4 Å². The van der Waals surface area contributed by atoms with E-state index in [1.807, 2.05) is 32.0 Å². The minimum absolute atomic E-state index is 0.146. The van der Waals surface area contributed by atoms with Crippen molar-refractivity contribution in [2.75, 3.05) is 0 Å². The summed E-state index contributed by atoms with van der Waals surface area (Å²) in [5.74, 6) is -0.810. The van der Waals surface area contributed by atoms with Gasteiger partial charge in [0.1, 0.15) is 6.04 Å². The molecule has 1 atom stereocenters. The van der Waals surface area contributed by atoms with Crippen LogP contribution in [0.15, 0.2) is 42.5 Å². The Bertz CT molecular complexity index is 1020. The number of carbonyl (C=O) groups excluding carboxylic acids is 3. The fraction of sp³-hybridized carbons (Fsp3) is 0.375. The van der Waals surface area contributed by atoms with E-state index in [-0.39, 0.29) is 29.7 Å². The molecule has 0 spiro atoms. The zero-order chi connectivity index (χ0) is 22.2. The third-order valence-corrected chi connectivity index (χ3v) is 5.94. The molecule has 2 aromatic carbocycles. The maximum Gasteiger partial charge on any atom is 0.255 e. The first-order valence-electron chi connectivity index (χ1n) is 10.6. The summed E-state index contributed by atoms with van der Waals surface area (Å²) < 4.78 is 0. The molecule has 162 valence electrons. The van der Waals surface area contributed by atoms with Gasteiger partial charge in [0, 0.05) is 37.2 Å². The van der Waals surface area contributed by atoms with E-state index in [1.165, 1.54) is 5.56 Å². The quantitative estimate of drug-likeness (QED) is 0.620. The van der Waals surface area contributed by atoms with Gasteiger partial charge in [0.15, 0.2) is 0 Å². The van der Waals surface area contributed by atoms with Crippen molar-refractivity contribution in [2.45, 2.75) is 57.9 Å². The average molecular weight is 421 g/mol. The molecule has 1 saturated heterocycles. The van der Waals surface area contributed by atoms with Crippen LogP contribution < -0.4 is 16.4 Å². The number of imide groups is 1. The molecule has 4 rings (SSSR count). The molecule has 1 unspecified atom stereocenters. The number of benzene rings is 2. The lowest BCUT2D eigenvalue weighted by atomic mass is 9.95. The van der Waals surface area contributed by atoms with Crippen molar-refractivity contribution in [3.05, 3.63) is 70.3 Å². The highest BCUT2D eigenvalue weighted by Gasteiger charge is 2.38. The minimum Gasteiger partial charge on any atom is -0.322 e. The zero-order valence-electron chi connectivity index (χ0n) is 17.9. The molecule has 31 heavy (non-hydrogen) atoms. The summed E-state index contributed by atoms with van der Waals surface area (Å²) in [5, 5.41) is 5.76. The Morgan fingerprint density at radius 3 is 2.42 bits per heavy atom. The molecule has 0 aromatic heterocycles. The molecule has 7 nitrogen and oxygen atoms in total. The molecule has 2 aliphatic rings. The molecule has 2 heterocycles. The highest BCUT2D eigenvalue weighted by molar-refractivity contribution is 6.05. The van der Waals surface area contributed by atoms with Crippen LogP contribution in [0, 0.1) is 0 Å². The zero-order valence-corrected chi connectivity index (χ0v) is 17.9. The van der Waals surface area contributed by atoms with E-state index in [4.69, 9.17) is 5.73 Å². The van der Waals surface area contributed by atoms with Gasteiger partial charge in [-0.15, -0.1) is 0 Å². The fourth-order valence-corrected chi connectivity index (χ4v) is 4.14. The molecular formula is C24H28N4O3. The maximum atomic E-state index is 12.8. The largest absolute Gasteiger partial charge is 0.322 e. The summed E-state index contributed by atoms with van der Waals surface area (Å²) in [7, 11) is 0. The van der Waals surface area contributed by atoms with Crippen LogP contribution in [0.2, 0.25) is 0 Å². The van der Waals surface area contributed by atoms with Crippen LogP contribution in [-0.2, 0) is 34.8 Å². The summed E-state index contributed by atoms with van der Waals surface area (Å²) in [6.45, 7) is 5.76. The second kappa shape index (κ2) is 8.24. The van der Waals surface area contributed by atoms with Gasteiger partial charge >= 0.3 is 0 Å². The van der Waals surface area contributed by atoms with Gasteiger partial charge in [0.05, 0.1) is 0 Å². The van der Waals surface area contributed by atoms with Gasteiger partial charge in [-0.3, -0.25) is 19.7 Å². The first kappa shape index (κ1) is 21.2. The number of nitrogens with zero attached hydrogens (tertiary/aromatic N) is 1. The topological polar surface area (TPSA) is 105 Å². The van der Waals surface area contributed by atoms with E-state index in [0.717, 1.165) is 23.2 Å². The lowest BCUT2D eigenvalue weighted by Gasteiger charge is -2.29. The highest BCUT2D eigenvalue weighted by Crippen LogP contribution is 2.28. The minimum atomic E-state index is -0.583. The Hall–Kier alpha value is -3.03. The average Bonchev–Trinajstić information content (AvgIpc) is 3.03. The summed E-state index contributed by atoms with van der Waals surface area (Å²) >= 11 is 0. The summed E-state index contributed by atoms with van der Waals surface area (Å²) in [6, 6.07) is 13.5. The molecule has 0 saturated carbocycles. The fourth-order valence-electron chi connectivity index (χ4n) is 4.14. The molecule has 1 fully saturated rings. The molecule has 4 N–H and O–H groups in total. The molecule has 0 aliphatic carbocycles. The molecule has 3 amide bonds. The molecule has 0 bridgehead atoms. The SMILES string of the molecule is CC(C)(N)c1ccc(CNCc2ccc3c(c2)CN(C2CCC(=O)NC2=O)C3=O)cc1. The lowest BCUT2D eigenvalue weighted by molar-refractivity contribution is -0.136. The highest BCUT2D eigenvalue weighted by atomic mass is 16.2. The lowest BCUT2D eigenvalue weighted by Crippen LogP contribution is -2.52. The number of amides is 3. The Balaban J connectivity index is 1.36. The van der Waals surface area contributed by atoms with E-state index in [2.05, 4.69) is 34.9 Å². The van der Waals surface area contributed by atoms with Crippen molar-refractivity contribution in [3.63, 3.8) is 0 Å². The van der Waals surface area contributed by atoms with E-state index < -0.39 is 6.04 Å². The van der Waals surface area contributed by atoms with Crippen molar-refractivity contribution in [1.82, 2.24) is 15.5 Å². The van der Waals surface area contributed by atoms with Crippen LogP contribution in [0.25, 0.3) is 0 Å². The number of nitrogens with two attached hydrogens (primary N) is 1. The second-order valence-corrected chi connectivity index (χ2v) is 8.91. The van der Waals surface area contributed by atoms with E-state index in [0.29, 0.717) is 25.1 Å². The van der Waals surface area contributed by atoms with Crippen LogP contribution in [0.5, 0.6) is 0 Å². The van der Waals surface area contributed by atoms with Gasteiger partial charge in [0.2, 0.25) is 11.8 Å². The Morgan fingerprint density at radius 2 is 1.74 bits per heavy atom. The first-order valence-corrected chi connectivity index (χ1v) is 10.6. The predicted molar refractivity (Wildman–Crippen MR) is 117 cm³/mol. The van der Waals surface area contributed by atoms with Crippen LogP contribution in [-0.4, -0.2) is 28.7 Å². The number of hydrogen-bond donors (Lipinski definition) is 3. The summed E-state index contributed by atoms with van der Waals surface area (Å²) in [5.41, 5.74) is 10.7. The van der Waals surface area contributed by atoms with Gasteiger partial charge in [0.25, 0.3) is 5.91 Å². The molecule has 7 heteroatoms. The van der Waals surface area contributed by atoms with Crippen LogP contribution in [0.4, 0.5) is 0 Å². The van der Waals surface area contributed by atoms with Crippen LogP contribution in [0.1, 0.15) is 59.3 Å². The maximum absolute atomic E-state index is 12.8. The summed E-state index contributed by atoms with van der Waals surface area (Å²) in [4.78, 5) is 37.9. The number of piperidine rings is 1. The van der Waals surface area contributed by atoms with Crippen molar-refractivity contribution in [2.24, 2.45) is 5.73 Å². The Labute approximate surface area is 182 Å². The third kappa shape index (κ3) is 4.52. The molecular weight excluding hydrogens is 392 g/mol. The van der Waals surface area contributed by atoms with Crippen molar-refractivity contribution >= 4 is 17.7 Å². The molecule has 2 aliphatic heterocycles. The predicted octanol–water partition coefficient (Wildman–Crippen LogP) is 1.93. The van der Waals surface area contributed by atoms with Gasteiger partial charge in [-0.05, 0) is 48.6 Å². The number of carbonyl (C=O) groups is 3. The van der Waals surface area contributed by atoms with E-state index in [1.54, 1.807) is 4.90 Å². The van der Waals surface area contributed by atoms with E-state index in [9.17, 15) is 14.4 Å². The van der Waals surface area contributed by atoms with Gasteiger partial charge < -0.3 is 16.0 Å². The van der Waals surface area contributed by atoms with E-state index >= 15 is 0 Å². The Kier molecular flexibility index (Phi) is 5.64. The number of nitrogens with one attached hydrogen (secondary N) is 2. The summed E-state index contributed by atoms with van der Waals surface area (Å²) in [6.07, 6.45) is 0.633. The van der Waals surface area contributed by atoms with Crippen LogP contribution >= 0.6 is 0 Å². The van der Waals surface area contributed by atoms with Crippen molar-refractivity contribution in [1.29, 1.82) is 0 Å². The number of hydrogen-bond acceptors (Lipinski definition) is 5. The van der Waals surface area contributed by atoms with Gasteiger partial charge in [-0.25, -0.2) is 0 Å². The van der Waals surface area contributed by atoms with Crippen molar-refractivity contribution < 1.29 is 14.4 Å². The number of rotatable bonds is 6. The van der Waals surface area contributed by atoms with Crippen molar-refractivity contribution in [3.8, 4) is 0 Å². The smallest absolute Gasteiger partial charge is 0.255 e.